The summed E-state index contributed by atoms with van der Waals surface area (Å²) in [5.41, 5.74) is 0. The fraction of sp³-hybridized carbons (Fsp3) is 0.800. The molecule has 0 spiro atoms. The van der Waals surface area contributed by atoms with Crippen molar-refractivity contribution in [3.63, 3.8) is 0 Å². The molecular formula is C5H12NO. The number of rotatable bonds is 4. The largest absolute Gasteiger partial charge is 0.395 e. The molecule has 43 valence electrons. The van der Waals surface area contributed by atoms with Gasteiger partial charge in [-0.15, -0.1) is 0 Å². The van der Waals surface area contributed by atoms with Gasteiger partial charge in [0.05, 0.1) is 6.61 Å². The fourth-order valence-electron chi connectivity index (χ4n) is 0.329. The van der Waals surface area contributed by atoms with E-state index in [0.717, 1.165) is 13.0 Å². The summed E-state index contributed by atoms with van der Waals surface area (Å²) in [5, 5.41) is 11.2. The van der Waals surface area contributed by atoms with Crippen LogP contribution in [0.25, 0.3) is 0 Å². The zero-order chi connectivity index (χ0) is 5.54. The molecule has 2 nitrogen and oxygen atoms in total. The molecule has 0 unspecified atom stereocenters. The minimum Gasteiger partial charge on any atom is -0.395 e. The highest BCUT2D eigenvalue weighted by molar-refractivity contribution is 4.45. The van der Waals surface area contributed by atoms with Gasteiger partial charge in [-0.25, -0.2) is 0 Å². The monoisotopic (exact) mass is 102 g/mol. The average molecular weight is 102 g/mol. The maximum Gasteiger partial charge on any atom is 0.0555 e. The van der Waals surface area contributed by atoms with Gasteiger partial charge < -0.3 is 10.4 Å². The second-order valence-electron chi connectivity index (χ2n) is 1.33. The van der Waals surface area contributed by atoms with Gasteiger partial charge in [0.15, 0.2) is 0 Å². The molecule has 0 saturated heterocycles. The zero-order valence-electron chi connectivity index (χ0n) is 4.48. The highest BCUT2D eigenvalue weighted by Gasteiger charge is 1.77. The molecule has 0 bridgehead atoms. The lowest BCUT2D eigenvalue weighted by Gasteiger charge is -1.95. The van der Waals surface area contributed by atoms with E-state index >= 15 is 0 Å². The Kier molecular flexibility index (Phi) is 5.85. The Hall–Kier alpha value is -0.0800. The van der Waals surface area contributed by atoms with Gasteiger partial charge in [0.1, 0.15) is 0 Å². The lowest BCUT2D eigenvalue weighted by atomic mass is 10.5. The number of aliphatic hydroxyl groups is 1. The molecule has 0 aromatic rings. The summed E-state index contributed by atoms with van der Waals surface area (Å²) in [6.07, 6.45) is 0.889. The summed E-state index contributed by atoms with van der Waals surface area (Å²) in [4.78, 5) is 0. The van der Waals surface area contributed by atoms with Gasteiger partial charge in [0, 0.05) is 6.54 Å². The summed E-state index contributed by atoms with van der Waals surface area (Å²) in [6, 6.07) is 0. The van der Waals surface area contributed by atoms with Crippen LogP contribution in [-0.2, 0) is 0 Å². The van der Waals surface area contributed by atoms with Gasteiger partial charge in [-0.1, -0.05) is 6.92 Å². The van der Waals surface area contributed by atoms with Crippen molar-refractivity contribution in [3.05, 3.63) is 6.92 Å². The molecule has 1 radical (unpaired) electrons. The number of aliphatic hydroxyl groups excluding tert-OH is 1. The number of hydrogen-bond acceptors (Lipinski definition) is 2. The Labute approximate surface area is 44.5 Å². The maximum atomic E-state index is 8.21. The zero-order valence-corrected chi connectivity index (χ0v) is 4.48. The lowest BCUT2D eigenvalue weighted by molar-refractivity contribution is 0.293. The normalized spacial score (nSPS) is 9.43. The van der Waals surface area contributed by atoms with Gasteiger partial charge in [0.25, 0.3) is 0 Å². The SMILES string of the molecule is [CH2]CCNCCO. The molecule has 0 rings (SSSR count). The number of nitrogens with one attached hydrogen (secondary N) is 1. The summed E-state index contributed by atoms with van der Waals surface area (Å²) in [7, 11) is 0. The van der Waals surface area contributed by atoms with Crippen LogP contribution in [0.1, 0.15) is 6.42 Å². The first kappa shape index (κ1) is 6.92. The van der Waals surface area contributed by atoms with Crippen molar-refractivity contribution in [2.45, 2.75) is 6.42 Å². The highest BCUT2D eigenvalue weighted by atomic mass is 16.3. The van der Waals surface area contributed by atoms with Crippen molar-refractivity contribution < 1.29 is 5.11 Å². The van der Waals surface area contributed by atoms with Gasteiger partial charge in [-0.2, -0.15) is 0 Å². The van der Waals surface area contributed by atoms with E-state index in [-0.39, 0.29) is 6.61 Å². The van der Waals surface area contributed by atoms with E-state index in [2.05, 4.69) is 12.2 Å². The van der Waals surface area contributed by atoms with Gasteiger partial charge in [-0.3, -0.25) is 0 Å². The van der Waals surface area contributed by atoms with Crippen LogP contribution in [0.5, 0.6) is 0 Å². The van der Waals surface area contributed by atoms with Crippen LogP contribution in [0.3, 0.4) is 0 Å². The third-order valence-electron chi connectivity index (χ3n) is 0.642. The van der Waals surface area contributed by atoms with Crippen molar-refractivity contribution in [3.8, 4) is 0 Å². The Bertz CT molecular complexity index is 27.3. The Morgan fingerprint density at radius 2 is 2.14 bits per heavy atom. The van der Waals surface area contributed by atoms with Crippen LogP contribution in [0.2, 0.25) is 0 Å². The third kappa shape index (κ3) is 5.92. The molecule has 0 heterocycles. The molecule has 0 aliphatic heterocycles. The Morgan fingerprint density at radius 3 is 2.57 bits per heavy atom. The molecule has 0 saturated carbocycles. The van der Waals surface area contributed by atoms with Crippen molar-refractivity contribution >= 4 is 0 Å². The van der Waals surface area contributed by atoms with Crippen LogP contribution in [-0.4, -0.2) is 24.8 Å². The van der Waals surface area contributed by atoms with E-state index in [4.69, 9.17) is 5.11 Å². The van der Waals surface area contributed by atoms with Crippen molar-refractivity contribution in [1.82, 2.24) is 5.32 Å². The molecule has 0 amide bonds. The van der Waals surface area contributed by atoms with E-state index in [1.165, 1.54) is 0 Å². The molecule has 0 aromatic carbocycles. The van der Waals surface area contributed by atoms with Crippen LogP contribution in [0.15, 0.2) is 0 Å². The average Bonchev–Trinajstić information content (AvgIpc) is 1.69. The maximum absolute atomic E-state index is 8.21. The highest BCUT2D eigenvalue weighted by Crippen LogP contribution is 1.65. The molecule has 2 N–H and O–H groups in total. The van der Waals surface area contributed by atoms with Gasteiger partial charge in [0.2, 0.25) is 0 Å². The molecule has 7 heavy (non-hydrogen) atoms. The Balaban J connectivity index is 2.45. The van der Waals surface area contributed by atoms with Crippen LogP contribution < -0.4 is 5.32 Å². The predicted molar refractivity (Wildman–Crippen MR) is 29.9 cm³/mol. The fourth-order valence-corrected chi connectivity index (χ4v) is 0.329. The summed E-state index contributed by atoms with van der Waals surface area (Å²) < 4.78 is 0. The quantitative estimate of drug-likeness (QED) is 0.481. The second kappa shape index (κ2) is 5.92. The standard InChI is InChI=1S/C5H12NO/c1-2-3-6-4-5-7/h6-7H,1-5H2. The smallest absolute Gasteiger partial charge is 0.0555 e. The predicted octanol–water partition coefficient (Wildman–Crippen LogP) is -0.208. The molecule has 0 aromatic heterocycles. The molecule has 2 heteroatoms. The van der Waals surface area contributed by atoms with Crippen LogP contribution in [0.4, 0.5) is 0 Å². The van der Waals surface area contributed by atoms with E-state index in [9.17, 15) is 0 Å². The van der Waals surface area contributed by atoms with Crippen molar-refractivity contribution in [1.29, 1.82) is 0 Å². The summed E-state index contributed by atoms with van der Waals surface area (Å²) in [5.74, 6) is 0. The van der Waals surface area contributed by atoms with Crippen LogP contribution >= 0.6 is 0 Å². The summed E-state index contributed by atoms with van der Waals surface area (Å²) in [6.45, 7) is 5.43. The third-order valence-corrected chi connectivity index (χ3v) is 0.642. The molecule has 0 aliphatic carbocycles. The molecule has 0 aliphatic rings. The van der Waals surface area contributed by atoms with Gasteiger partial charge >= 0.3 is 0 Å². The lowest BCUT2D eigenvalue weighted by Crippen LogP contribution is -2.18. The van der Waals surface area contributed by atoms with Crippen molar-refractivity contribution in [2.75, 3.05) is 19.7 Å². The first-order valence-electron chi connectivity index (χ1n) is 2.52. The second-order valence-corrected chi connectivity index (χ2v) is 1.33. The molecule has 0 fully saturated rings. The minimum atomic E-state index is 0.222. The first-order valence-corrected chi connectivity index (χ1v) is 2.52. The van der Waals surface area contributed by atoms with Crippen molar-refractivity contribution in [2.24, 2.45) is 0 Å². The topological polar surface area (TPSA) is 32.3 Å². The van der Waals surface area contributed by atoms with E-state index < -0.39 is 0 Å². The van der Waals surface area contributed by atoms with Crippen LogP contribution in [0, 0.1) is 6.92 Å². The van der Waals surface area contributed by atoms with E-state index in [1.54, 1.807) is 0 Å². The number of hydrogen-bond donors (Lipinski definition) is 2. The first-order chi connectivity index (χ1) is 3.41. The van der Waals surface area contributed by atoms with E-state index in [0.29, 0.717) is 6.54 Å². The van der Waals surface area contributed by atoms with E-state index in [1.807, 2.05) is 0 Å². The Morgan fingerprint density at radius 1 is 1.43 bits per heavy atom. The molecular weight excluding hydrogens is 90.1 g/mol. The summed E-state index contributed by atoms with van der Waals surface area (Å²) >= 11 is 0. The minimum absolute atomic E-state index is 0.222. The molecule has 0 atom stereocenters. The van der Waals surface area contributed by atoms with Gasteiger partial charge in [-0.05, 0) is 13.0 Å².